The zero-order chi connectivity index (χ0) is 34.8. The zero-order valence-corrected chi connectivity index (χ0v) is 22.6. The smallest absolute Gasteiger partial charge is 0.756 e. The molecule has 3 rings (SSSR count). The molecule has 2 aromatic rings. The molecular formula is C10H14N5Na2O13P3. The summed E-state index contributed by atoms with van der Waals surface area (Å²) in [5.74, 6) is -0.834. The Kier molecular flexibility index (Phi) is 5.64. The fourth-order valence-corrected chi connectivity index (χ4v) is 4.52. The van der Waals surface area contributed by atoms with Crippen LogP contribution >= 0.6 is 23.5 Å². The predicted molar refractivity (Wildman–Crippen MR) is 91.0 cm³/mol. The van der Waals surface area contributed by atoms with Crippen LogP contribution in [0.25, 0.3) is 11.2 Å². The maximum atomic E-state index is 12.8. The Hall–Kier alpha value is 0.640. The molecule has 0 aliphatic carbocycles. The Labute approximate surface area is 248 Å². The normalized spacial score (nSPS) is 43.3. The summed E-state index contributed by atoms with van der Waals surface area (Å²) in [6.07, 6.45) is -19.2. The van der Waals surface area contributed by atoms with Gasteiger partial charge < -0.3 is 40.3 Å². The van der Waals surface area contributed by atoms with Crippen molar-refractivity contribution in [2.75, 3.05) is 12.3 Å². The molecule has 174 valence electrons. The van der Waals surface area contributed by atoms with Crippen molar-refractivity contribution in [1.29, 1.82) is 5.72 Å². The molecule has 3 heterocycles. The van der Waals surface area contributed by atoms with E-state index in [1.54, 1.807) is 0 Å². The first kappa shape index (κ1) is 15.8. The van der Waals surface area contributed by atoms with Gasteiger partial charge in [-0.1, -0.05) is 0 Å². The van der Waals surface area contributed by atoms with Gasteiger partial charge >= 0.3 is 66.9 Å². The van der Waals surface area contributed by atoms with E-state index in [9.17, 15) is 23.5 Å². The first-order chi connectivity index (χ1) is 20.3. The molecule has 33 heavy (non-hydrogen) atoms. The van der Waals surface area contributed by atoms with Crippen LogP contribution in [-0.2, 0) is 31.6 Å². The maximum absolute atomic E-state index is 12.8. The maximum Gasteiger partial charge on any atom is 1.00 e. The van der Waals surface area contributed by atoms with Crippen LogP contribution in [-0.4, -0.2) is 70.1 Å². The molecule has 1 aliphatic rings. The number of imidazole rings is 1. The second-order valence-electron chi connectivity index (χ2n) is 4.96. The number of hydrogen-bond acceptors (Lipinski definition) is 17. The molecule has 1 fully saturated rings. The average Bonchev–Trinajstić information content (AvgIpc) is 3.31. The number of ether oxygens (including phenoxy) is 1. The molecule has 1 aliphatic heterocycles. The van der Waals surface area contributed by atoms with E-state index in [2.05, 4.69) is 48.1 Å². The molecule has 0 aromatic carbocycles. The molecule has 2 aromatic heterocycles. The summed E-state index contributed by atoms with van der Waals surface area (Å²) in [4.78, 5) is 39.8. The van der Waals surface area contributed by atoms with Gasteiger partial charge in [0.15, 0.2) is 20.5 Å². The third kappa shape index (κ3) is 8.06. The minimum Gasteiger partial charge on any atom is -0.756 e. The van der Waals surface area contributed by atoms with E-state index in [-0.39, 0.29) is 69.4 Å². The second-order valence-corrected chi connectivity index (χ2v) is 9.13. The number of rotatable bonds is 13. The Morgan fingerprint density at radius 2 is 2.03 bits per heavy atom. The molecule has 1 saturated heterocycles. The summed E-state index contributed by atoms with van der Waals surface area (Å²) in [5.41, 5.74) is -1.97. The molecule has 18 nitrogen and oxygen atoms in total. The molecule has 3 unspecified atom stereocenters. The second kappa shape index (κ2) is 11.8. The SMILES string of the molecule is [2H]O[C@@]1([2H])[C@@]([2H])(O[2H])[C@]([2H])(n2c([2H])nc3c(N([2H])[2H])nc([2H])nc32)O[C@]1([2H])C([2H])([2H])OP(=O)(O[2H])OP(=O)([O-])OP(=O)([O-])O[2H].[Na+].[Na+]. The van der Waals surface area contributed by atoms with Crippen molar-refractivity contribution < 1.29 is 134 Å². The van der Waals surface area contributed by atoms with Gasteiger partial charge in [-0.05, 0) is 0 Å². The third-order valence-corrected chi connectivity index (χ3v) is 6.38. The number of anilines is 1. The van der Waals surface area contributed by atoms with Crippen LogP contribution in [0.1, 0.15) is 17.2 Å². The van der Waals surface area contributed by atoms with Crippen molar-refractivity contribution >= 4 is 40.4 Å². The Morgan fingerprint density at radius 1 is 1.27 bits per heavy atom. The number of phosphoric ester groups is 1. The van der Waals surface area contributed by atoms with Crippen molar-refractivity contribution in [3.8, 4) is 0 Å². The molecular weight excluding hydrogens is 537 g/mol. The Bertz CT molecular complexity index is 1640. The standard InChI is InChI=1S/C10H16N5O13P3.2Na/c11-8-5-9(13-2-12-8)15(3-14-5)10-7(17)6(16)4(26-10)1-25-30(21,22)28-31(23,24)27-29(18,19)20;;/h2-4,6-7,10,16-17H,1H2,(H,21,22)(H,23,24)(H2,11,12,13)(H2,18,19,20);;/q;2*+1/p-2/t4-,6-,7-,10-;;/m1../s1/i1D2,2D,3D,4D,6D,7D,10D,16D,17D;;/hD4. The predicted octanol–water partition coefficient (Wildman–Crippen LogP) is -8.89. The van der Waals surface area contributed by atoms with E-state index in [1.807, 2.05) is 0 Å². The van der Waals surface area contributed by atoms with Gasteiger partial charge in [-0.15, -0.1) is 0 Å². The van der Waals surface area contributed by atoms with Crippen LogP contribution in [0, 0.1) is 0 Å². The molecule has 0 saturated carbocycles. The summed E-state index contributed by atoms with van der Waals surface area (Å²) in [6.45, 7) is -4.61. The van der Waals surface area contributed by atoms with E-state index in [0.29, 0.717) is 0 Å². The summed E-state index contributed by atoms with van der Waals surface area (Å²) < 4.78 is 161. The van der Waals surface area contributed by atoms with Crippen LogP contribution in [0.4, 0.5) is 5.82 Å². The molecule has 0 radical (unpaired) electrons. The number of nitrogen functional groups attached to an aromatic ring is 1. The average molecular weight is 565 g/mol. The van der Waals surface area contributed by atoms with Gasteiger partial charge in [-0.2, -0.15) is 0 Å². The number of nitrogens with two attached hydrogens (primary N) is 1. The summed E-state index contributed by atoms with van der Waals surface area (Å²) in [5, 5.41) is 8.08. The number of aliphatic hydroxyl groups is 2. The van der Waals surface area contributed by atoms with Crippen LogP contribution in [0.15, 0.2) is 12.6 Å². The van der Waals surface area contributed by atoms with E-state index >= 15 is 0 Å². The van der Waals surface area contributed by atoms with Gasteiger partial charge in [0, 0.05) is 0 Å². The van der Waals surface area contributed by atoms with E-state index in [4.69, 9.17) is 24.3 Å². The Balaban J connectivity index is 0.00000552. The monoisotopic (exact) mass is 565 g/mol. The van der Waals surface area contributed by atoms with Crippen LogP contribution in [0.5, 0.6) is 0 Å². The third-order valence-electron chi connectivity index (χ3n) is 2.87. The van der Waals surface area contributed by atoms with Crippen LogP contribution in [0.2, 0.25) is 2.82 Å². The topological polar surface area (TPSA) is 285 Å². The molecule has 7 atom stereocenters. The fourth-order valence-electron chi connectivity index (χ4n) is 1.85. The van der Waals surface area contributed by atoms with Gasteiger partial charge in [-0.25, -0.2) is 28.1 Å². The van der Waals surface area contributed by atoms with Crippen LogP contribution < -0.4 is 74.6 Å². The van der Waals surface area contributed by atoms with Gasteiger partial charge in [0.2, 0.25) is 5.72 Å². The van der Waals surface area contributed by atoms with E-state index in [0.717, 1.165) is 0 Å². The first-order valence-corrected chi connectivity index (χ1v) is 11.3. The van der Waals surface area contributed by atoms with Crippen molar-refractivity contribution in [3.63, 3.8) is 0 Å². The number of nitrogens with zero attached hydrogens (tertiary/aromatic N) is 4. The first-order valence-electron chi connectivity index (χ1n) is 13.5. The molecule has 23 heteroatoms. The van der Waals surface area contributed by atoms with E-state index in [1.165, 1.54) is 0 Å². The molecule has 0 amide bonds. The summed E-state index contributed by atoms with van der Waals surface area (Å²) in [7, 11) is -19.2. The summed E-state index contributed by atoms with van der Waals surface area (Å²) in [6, 6.07) is 0. The zero-order valence-electron chi connectivity index (χ0n) is 29.9. The molecule has 0 bridgehead atoms. The van der Waals surface area contributed by atoms with Crippen molar-refractivity contribution in [2.24, 2.45) is 0 Å². The van der Waals surface area contributed by atoms with Crippen molar-refractivity contribution in [3.05, 3.63) is 12.6 Å². The Morgan fingerprint density at radius 3 is 2.67 bits per heavy atom. The minimum absolute atomic E-state index is 0. The quantitative estimate of drug-likeness (QED) is 0.111. The van der Waals surface area contributed by atoms with E-state index < -0.39 is 84.1 Å². The van der Waals surface area contributed by atoms with Gasteiger partial charge in [0.25, 0.3) is 15.6 Å². The van der Waals surface area contributed by atoms with Crippen molar-refractivity contribution in [2.45, 2.75) is 24.4 Å². The fraction of sp³-hybridized carbons (Fsp3) is 0.500. The molecule has 6 N–H and O–H groups in total. The largest absolute Gasteiger partial charge is 1.00 e. The number of phosphoric acid groups is 3. The number of hydrogen-bond donors (Lipinski definition) is 5. The molecule has 0 spiro atoms. The number of fused-ring (bicyclic) bond motifs is 1. The number of aromatic nitrogens is 4. The van der Waals surface area contributed by atoms with Gasteiger partial charge in [0.05, 0.1) is 21.1 Å². The van der Waals surface area contributed by atoms with Crippen LogP contribution in [0.3, 0.4) is 0 Å². The minimum atomic E-state index is -6.62. The van der Waals surface area contributed by atoms with Crippen molar-refractivity contribution in [1.82, 2.24) is 19.5 Å². The van der Waals surface area contributed by atoms with Gasteiger partial charge in [-0.3, -0.25) is 18.2 Å². The summed E-state index contributed by atoms with van der Waals surface area (Å²) >= 11 is 0. The van der Waals surface area contributed by atoms with Gasteiger partial charge in [0.1, 0.15) is 32.8 Å².